The van der Waals surface area contributed by atoms with Crippen molar-refractivity contribution in [3.05, 3.63) is 217 Å². The van der Waals surface area contributed by atoms with Crippen LogP contribution in [-0.4, -0.2) is 38.1 Å². The molecule has 0 bridgehead atoms. The Morgan fingerprint density at radius 3 is 1.04 bits per heavy atom. The molecule has 10 aromatic carbocycles. The second kappa shape index (κ2) is 16.0. The molecule has 2 nitrogen and oxygen atoms in total. The van der Waals surface area contributed by atoms with Crippen LogP contribution in [0, 0.1) is 0 Å². The predicted molar refractivity (Wildman–Crippen MR) is 285 cm³/mol. The van der Waals surface area contributed by atoms with Gasteiger partial charge in [-0.2, -0.15) is 26.3 Å². The first-order valence-corrected chi connectivity index (χ1v) is 26.7. The molecule has 0 unspecified atom stereocenters. The maximum absolute atomic E-state index is 14.4. The van der Waals surface area contributed by atoms with Crippen LogP contribution in [0.25, 0.3) is 127 Å². The molecule has 0 aliphatic heterocycles. The number of benzene rings is 10. The molecule has 14 aromatic rings. The molecule has 72 heavy (non-hydrogen) atoms. The monoisotopic (exact) mass is 1080 g/mol. The van der Waals surface area contributed by atoms with Crippen LogP contribution in [0.15, 0.2) is 206 Å². The first-order chi connectivity index (χ1) is 34.9. The van der Waals surface area contributed by atoms with Crippen molar-refractivity contribution in [3.63, 3.8) is 0 Å². The molecule has 0 spiro atoms. The maximum atomic E-state index is 14.4. The Hall–Kier alpha value is -7.58. The summed E-state index contributed by atoms with van der Waals surface area (Å²) in [5, 5.41) is 7.18. The second-order valence-electron chi connectivity index (χ2n) is 18.2. The fourth-order valence-electron chi connectivity index (χ4n) is 10.8. The van der Waals surface area contributed by atoms with Gasteiger partial charge in [0.15, 0.2) is 0 Å². The van der Waals surface area contributed by atoms with Gasteiger partial charge in [-0.1, -0.05) is 0 Å². The average molecular weight is 1080 g/mol. The number of fused-ring (bicyclic) bond motifs is 12. The van der Waals surface area contributed by atoms with Gasteiger partial charge in [0.1, 0.15) is 0 Å². The van der Waals surface area contributed by atoms with E-state index in [1.165, 1.54) is 74.0 Å². The molecule has 0 amide bonds. The van der Waals surface area contributed by atoms with Crippen molar-refractivity contribution in [2.24, 2.45) is 0 Å². The Kier molecular flexibility index (Phi) is 9.58. The summed E-state index contributed by atoms with van der Waals surface area (Å²) in [4.78, 5) is 0. The van der Waals surface area contributed by atoms with Gasteiger partial charge in [-0.15, -0.1) is 0 Å². The molecular weight excluding hydrogens is 1040 g/mol. The van der Waals surface area contributed by atoms with Gasteiger partial charge >= 0.3 is 395 Å². The molecule has 0 atom stereocenters. The first kappa shape index (κ1) is 43.2. The van der Waals surface area contributed by atoms with Gasteiger partial charge in [0.2, 0.25) is 0 Å². The van der Waals surface area contributed by atoms with E-state index in [9.17, 15) is 26.3 Å². The van der Waals surface area contributed by atoms with Crippen LogP contribution in [0.5, 0.6) is 0 Å². The van der Waals surface area contributed by atoms with Gasteiger partial charge in [-0.3, -0.25) is 0 Å². The van der Waals surface area contributed by atoms with Crippen molar-refractivity contribution in [1.29, 1.82) is 0 Å². The number of halogens is 6. The Morgan fingerprint density at radius 2 is 0.639 bits per heavy atom. The van der Waals surface area contributed by atoms with Crippen LogP contribution in [0.3, 0.4) is 0 Å². The zero-order chi connectivity index (χ0) is 48.6. The molecule has 0 saturated heterocycles. The van der Waals surface area contributed by atoms with Gasteiger partial charge < -0.3 is 0 Å². The number of hydrogen-bond acceptors (Lipinski definition) is 0. The molecule has 10 heteroatoms. The summed E-state index contributed by atoms with van der Waals surface area (Å²) in [6.07, 6.45) is -9.13. The van der Waals surface area contributed by atoms with Crippen molar-refractivity contribution >= 4 is 111 Å². The third-order valence-electron chi connectivity index (χ3n) is 14.2. The molecule has 14 rings (SSSR count). The minimum absolute atomic E-state index is 0.153. The molecule has 0 radical (unpaired) electrons. The number of rotatable bonds is 5. The SMILES string of the molecule is FC(F)(F)c1ccc2c(c1)c1cc(-c3ccc4c(c3)c3cc(C(F)(F)F)ccc3n4-c3ccc(-c4cccc5c4[se]c4ccccc45)cc3)ccc1n2-c1ccc(-c2cccc3c2[se]c2ccccc23)cc1. The van der Waals surface area contributed by atoms with E-state index in [1.54, 1.807) is 0 Å². The number of hydrogen-bond donors (Lipinski definition) is 0. The third kappa shape index (κ3) is 6.78. The predicted octanol–water partition coefficient (Wildman–Crippen LogP) is 17.6. The average Bonchev–Trinajstić information content (AvgIpc) is 4.15. The van der Waals surface area contributed by atoms with Gasteiger partial charge in [0.05, 0.1) is 0 Å². The van der Waals surface area contributed by atoms with Crippen molar-refractivity contribution in [2.45, 2.75) is 12.4 Å². The zero-order valence-corrected chi connectivity index (χ0v) is 41.0. The number of alkyl halides is 6. The zero-order valence-electron chi connectivity index (χ0n) is 37.6. The van der Waals surface area contributed by atoms with E-state index in [1.807, 2.05) is 69.8 Å². The van der Waals surface area contributed by atoms with Crippen LogP contribution in [-0.2, 0) is 12.4 Å². The summed E-state index contributed by atoms with van der Waals surface area (Å²) in [5.74, 6) is 0. The summed E-state index contributed by atoms with van der Waals surface area (Å²) in [6, 6.07) is 65.6. The minimum atomic E-state index is -4.57. The Labute approximate surface area is 418 Å². The fourth-order valence-corrected chi connectivity index (χ4v) is 16.0. The van der Waals surface area contributed by atoms with E-state index in [4.69, 9.17) is 0 Å². The molecule has 0 N–H and O–H groups in total. The summed E-state index contributed by atoms with van der Waals surface area (Å²) < 4.78 is 95.7. The summed E-state index contributed by atoms with van der Waals surface area (Å²) in [6.45, 7) is 0. The molecule has 0 aliphatic rings. The van der Waals surface area contributed by atoms with Crippen molar-refractivity contribution in [3.8, 4) is 44.8 Å². The molecule has 346 valence electrons. The molecule has 0 fully saturated rings. The summed E-state index contributed by atoms with van der Waals surface area (Å²) in [7, 11) is 0. The normalized spacial score (nSPS) is 12.6. The van der Waals surface area contributed by atoms with Gasteiger partial charge in [0.25, 0.3) is 0 Å². The number of aromatic nitrogens is 2. The van der Waals surface area contributed by atoms with Crippen LogP contribution >= 0.6 is 0 Å². The summed E-state index contributed by atoms with van der Waals surface area (Å²) >= 11 is 0.306. The molecule has 4 aromatic heterocycles. The van der Waals surface area contributed by atoms with Crippen LogP contribution in [0.1, 0.15) is 11.1 Å². The Morgan fingerprint density at radius 1 is 0.292 bits per heavy atom. The molecule has 4 heterocycles. The second-order valence-corrected chi connectivity index (χ2v) is 22.7. The van der Waals surface area contributed by atoms with Crippen LogP contribution in [0.2, 0.25) is 0 Å². The van der Waals surface area contributed by atoms with Gasteiger partial charge in [-0.25, -0.2) is 0 Å². The van der Waals surface area contributed by atoms with E-state index in [-0.39, 0.29) is 29.0 Å². The third-order valence-corrected chi connectivity index (χ3v) is 19.3. The Bertz CT molecular complexity index is 4240. The summed E-state index contributed by atoms with van der Waals surface area (Å²) in [5.41, 5.74) is 8.68. The standard InChI is InChI=1S/C62H34F6N2Se2/c63-61(64,65)39-21-29-55-51(33-39)49-31-37(19-27-53(49)69(55)41-23-15-35(16-24-41)43-9-5-11-47-45-7-1-3-13-57(45)71-59(43)47)38-20-28-54-50(32-38)52-34-40(62(66,67)68)22-30-56(52)70(54)42-25-17-36(18-26-42)44-10-6-12-48-46-8-2-4-14-58(46)72-60(44)48/h1-34H. The van der Waals surface area contributed by atoms with Gasteiger partial charge in [-0.05, 0) is 0 Å². The Balaban J connectivity index is 0.892. The van der Waals surface area contributed by atoms with Crippen LogP contribution < -0.4 is 0 Å². The quantitative estimate of drug-likeness (QED) is 0.120. The van der Waals surface area contributed by atoms with Gasteiger partial charge in [0, 0.05) is 0 Å². The molecular formula is C62H34F6N2Se2. The van der Waals surface area contributed by atoms with Crippen molar-refractivity contribution in [1.82, 2.24) is 9.13 Å². The van der Waals surface area contributed by atoms with Crippen molar-refractivity contribution in [2.75, 3.05) is 0 Å². The molecule has 0 saturated carbocycles. The van der Waals surface area contributed by atoms with E-state index in [0.29, 0.717) is 43.7 Å². The van der Waals surface area contributed by atoms with E-state index in [0.717, 1.165) is 45.7 Å². The van der Waals surface area contributed by atoms with Crippen molar-refractivity contribution < 1.29 is 26.3 Å². The van der Waals surface area contributed by atoms with E-state index < -0.39 is 23.5 Å². The van der Waals surface area contributed by atoms with Crippen LogP contribution in [0.4, 0.5) is 26.3 Å². The fraction of sp³-hybridized carbons (Fsp3) is 0.0323. The molecule has 0 aliphatic carbocycles. The number of nitrogens with zero attached hydrogens (tertiary/aromatic N) is 2. The van der Waals surface area contributed by atoms with E-state index in [2.05, 4.69) is 109 Å². The first-order valence-electron chi connectivity index (χ1n) is 23.3. The topological polar surface area (TPSA) is 9.86 Å². The van der Waals surface area contributed by atoms with E-state index >= 15 is 0 Å².